The van der Waals surface area contributed by atoms with Crippen molar-refractivity contribution in [3.8, 4) is 11.3 Å². The predicted molar refractivity (Wildman–Crippen MR) is 61.0 cm³/mol. The van der Waals surface area contributed by atoms with Crippen LogP contribution in [0.4, 0.5) is 4.39 Å². The number of carbonyl (C=O) groups is 1. The highest BCUT2D eigenvalue weighted by atomic mass is 19.1. The molecule has 0 saturated heterocycles. The summed E-state index contributed by atoms with van der Waals surface area (Å²) in [6, 6.07) is 10.1. The maximum Gasteiger partial charge on any atom is 0.340 e. The van der Waals surface area contributed by atoms with Crippen LogP contribution in [0.2, 0.25) is 0 Å². The molecule has 0 saturated carbocycles. The van der Waals surface area contributed by atoms with E-state index >= 15 is 0 Å². The molecule has 2 rings (SSSR count). The van der Waals surface area contributed by atoms with Gasteiger partial charge in [-0.2, -0.15) is 0 Å². The van der Waals surface area contributed by atoms with Crippen LogP contribution < -0.4 is 0 Å². The van der Waals surface area contributed by atoms with Crippen molar-refractivity contribution in [3.05, 3.63) is 54.0 Å². The van der Waals surface area contributed by atoms with Gasteiger partial charge in [0.1, 0.15) is 5.69 Å². The lowest BCUT2D eigenvalue weighted by Crippen LogP contribution is -2.06. The Labute approximate surface area is 97.9 Å². The van der Waals surface area contributed by atoms with Crippen LogP contribution in [0.3, 0.4) is 0 Å². The molecule has 2 aromatic rings. The van der Waals surface area contributed by atoms with E-state index in [9.17, 15) is 9.18 Å². The second kappa shape index (κ2) is 4.74. The number of nitrogens with zero attached hydrogens (tertiary/aromatic N) is 1. The average Bonchev–Trinajstić information content (AvgIpc) is 2.39. The average molecular weight is 231 g/mol. The number of hydrogen-bond acceptors (Lipinski definition) is 3. The van der Waals surface area contributed by atoms with Crippen molar-refractivity contribution in [2.75, 3.05) is 7.11 Å². The van der Waals surface area contributed by atoms with Gasteiger partial charge in [-0.1, -0.05) is 30.3 Å². The maximum atomic E-state index is 14.0. The van der Waals surface area contributed by atoms with Crippen LogP contribution in [0.1, 0.15) is 10.4 Å². The second-order valence-corrected chi connectivity index (χ2v) is 3.38. The number of benzene rings is 1. The van der Waals surface area contributed by atoms with Crippen LogP contribution in [0, 0.1) is 5.82 Å². The molecular formula is C13H10FNO2. The Balaban J connectivity index is 2.54. The minimum atomic E-state index is -0.706. The molecule has 0 radical (unpaired) electrons. The third-order valence-corrected chi connectivity index (χ3v) is 2.34. The van der Waals surface area contributed by atoms with Gasteiger partial charge < -0.3 is 4.74 Å². The number of rotatable bonds is 2. The monoisotopic (exact) mass is 231 g/mol. The van der Waals surface area contributed by atoms with Gasteiger partial charge >= 0.3 is 5.97 Å². The Morgan fingerprint density at radius 2 is 1.94 bits per heavy atom. The Kier molecular flexibility index (Phi) is 3.14. The molecule has 0 spiro atoms. The van der Waals surface area contributed by atoms with E-state index in [1.54, 1.807) is 24.3 Å². The van der Waals surface area contributed by atoms with Gasteiger partial charge in [-0.05, 0) is 6.07 Å². The molecule has 86 valence electrons. The molecule has 0 fully saturated rings. The summed E-state index contributed by atoms with van der Waals surface area (Å²) >= 11 is 0. The van der Waals surface area contributed by atoms with Gasteiger partial charge in [-0.3, -0.25) is 4.98 Å². The van der Waals surface area contributed by atoms with Crippen molar-refractivity contribution in [3.63, 3.8) is 0 Å². The third kappa shape index (κ3) is 2.15. The summed E-state index contributed by atoms with van der Waals surface area (Å²) in [7, 11) is 1.21. The summed E-state index contributed by atoms with van der Waals surface area (Å²) in [5.74, 6) is -1.37. The molecule has 1 aromatic carbocycles. The predicted octanol–water partition coefficient (Wildman–Crippen LogP) is 2.67. The minimum Gasteiger partial charge on any atom is -0.465 e. The van der Waals surface area contributed by atoms with Gasteiger partial charge in [-0.25, -0.2) is 9.18 Å². The van der Waals surface area contributed by atoms with Gasteiger partial charge in [0.15, 0.2) is 5.82 Å². The number of hydrogen-bond donors (Lipinski definition) is 0. The van der Waals surface area contributed by atoms with Crippen molar-refractivity contribution >= 4 is 5.97 Å². The molecule has 0 amide bonds. The van der Waals surface area contributed by atoms with Gasteiger partial charge in [0.25, 0.3) is 0 Å². The van der Waals surface area contributed by atoms with E-state index in [1.165, 1.54) is 19.4 Å². The number of methoxy groups -OCH3 is 1. The van der Waals surface area contributed by atoms with E-state index in [0.29, 0.717) is 5.56 Å². The summed E-state index contributed by atoms with van der Waals surface area (Å²) in [5.41, 5.74) is 0.658. The van der Waals surface area contributed by atoms with Crippen LogP contribution in [-0.2, 0) is 4.74 Å². The molecule has 1 aromatic heterocycles. The standard InChI is InChI=1S/C13H10FNO2/c1-17-13(16)10-7-8-15-12(11(10)14)9-5-3-2-4-6-9/h2-8H,1H3. The lowest BCUT2D eigenvalue weighted by atomic mass is 10.1. The zero-order chi connectivity index (χ0) is 12.3. The topological polar surface area (TPSA) is 39.2 Å². The van der Waals surface area contributed by atoms with E-state index < -0.39 is 11.8 Å². The zero-order valence-corrected chi connectivity index (χ0v) is 9.18. The molecule has 0 aliphatic rings. The molecule has 1 heterocycles. The largest absolute Gasteiger partial charge is 0.465 e. The highest BCUT2D eigenvalue weighted by Gasteiger charge is 2.17. The molecule has 17 heavy (non-hydrogen) atoms. The van der Waals surface area contributed by atoms with Gasteiger partial charge in [-0.15, -0.1) is 0 Å². The van der Waals surface area contributed by atoms with Gasteiger partial charge in [0.2, 0.25) is 0 Å². The van der Waals surface area contributed by atoms with Crippen LogP contribution in [0.5, 0.6) is 0 Å². The fourth-order valence-electron chi connectivity index (χ4n) is 1.51. The first-order valence-electron chi connectivity index (χ1n) is 5.02. The maximum absolute atomic E-state index is 14.0. The van der Waals surface area contributed by atoms with Crippen LogP contribution in [-0.4, -0.2) is 18.1 Å². The van der Waals surface area contributed by atoms with Crippen molar-refractivity contribution in [2.24, 2.45) is 0 Å². The van der Waals surface area contributed by atoms with Crippen molar-refractivity contribution in [1.29, 1.82) is 0 Å². The fraction of sp³-hybridized carbons (Fsp3) is 0.0769. The molecule has 0 unspecified atom stereocenters. The van der Waals surface area contributed by atoms with E-state index in [4.69, 9.17) is 0 Å². The first kappa shape index (κ1) is 11.3. The highest BCUT2D eigenvalue weighted by Crippen LogP contribution is 2.22. The lowest BCUT2D eigenvalue weighted by molar-refractivity contribution is 0.0595. The summed E-state index contributed by atoms with van der Waals surface area (Å²) in [4.78, 5) is 15.3. The number of carbonyl (C=O) groups excluding carboxylic acids is 1. The molecule has 0 bridgehead atoms. The SMILES string of the molecule is COC(=O)c1ccnc(-c2ccccc2)c1F. The van der Waals surface area contributed by atoms with E-state index in [2.05, 4.69) is 9.72 Å². The van der Waals surface area contributed by atoms with Crippen molar-refractivity contribution in [2.45, 2.75) is 0 Å². The van der Waals surface area contributed by atoms with Gasteiger partial charge in [0.05, 0.1) is 12.7 Å². The van der Waals surface area contributed by atoms with Crippen LogP contribution >= 0.6 is 0 Å². The summed E-state index contributed by atoms with van der Waals surface area (Å²) in [6.07, 6.45) is 1.39. The Morgan fingerprint density at radius 3 is 2.59 bits per heavy atom. The Hall–Kier alpha value is -2.23. The highest BCUT2D eigenvalue weighted by molar-refractivity contribution is 5.90. The first-order chi connectivity index (χ1) is 8.24. The third-order valence-electron chi connectivity index (χ3n) is 2.34. The van der Waals surface area contributed by atoms with E-state index in [0.717, 1.165) is 0 Å². The van der Waals surface area contributed by atoms with Crippen LogP contribution in [0.15, 0.2) is 42.6 Å². The van der Waals surface area contributed by atoms with Crippen molar-refractivity contribution in [1.82, 2.24) is 4.98 Å². The number of halogens is 1. The Morgan fingerprint density at radius 1 is 1.24 bits per heavy atom. The van der Waals surface area contributed by atoms with Crippen molar-refractivity contribution < 1.29 is 13.9 Å². The summed E-state index contributed by atoms with van der Waals surface area (Å²) < 4.78 is 18.5. The molecule has 0 aliphatic heterocycles. The zero-order valence-electron chi connectivity index (χ0n) is 9.18. The number of aromatic nitrogens is 1. The summed E-state index contributed by atoms with van der Waals surface area (Å²) in [6.45, 7) is 0. The minimum absolute atomic E-state index is 0.110. The molecule has 0 N–H and O–H groups in total. The number of pyridine rings is 1. The number of esters is 1. The molecule has 3 nitrogen and oxygen atoms in total. The smallest absolute Gasteiger partial charge is 0.340 e. The Bertz CT molecular complexity index is 540. The number of ether oxygens (including phenoxy) is 1. The molecule has 0 aliphatic carbocycles. The fourth-order valence-corrected chi connectivity index (χ4v) is 1.51. The molecule has 0 atom stereocenters. The first-order valence-corrected chi connectivity index (χ1v) is 5.02. The van der Waals surface area contributed by atoms with E-state index in [-0.39, 0.29) is 11.3 Å². The normalized spacial score (nSPS) is 10.0. The van der Waals surface area contributed by atoms with Crippen LogP contribution in [0.25, 0.3) is 11.3 Å². The molecule has 4 heteroatoms. The van der Waals surface area contributed by atoms with Gasteiger partial charge in [0, 0.05) is 11.8 Å². The second-order valence-electron chi connectivity index (χ2n) is 3.38. The lowest BCUT2D eigenvalue weighted by Gasteiger charge is -2.05. The summed E-state index contributed by atoms with van der Waals surface area (Å²) in [5, 5.41) is 0. The quantitative estimate of drug-likeness (QED) is 0.746. The van der Waals surface area contributed by atoms with E-state index in [1.807, 2.05) is 6.07 Å². The molecular weight excluding hydrogens is 221 g/mol.